The van der Waals surface area contributed by atoms with Crippen molar-refractivity contribution in [2.24, 2.45) is 0 Å². The van der Waals surface area contributed by atoms with Crippen LogP contribution in [0.1, 0.15) is 11.4 Å². The second-order valence-electron chi connectivity index (χ2n) is 4.55. The largest absolute Gasteiger partial charge is 0.383 e. The van der Waals surface area contributed by atoms with E-state index in [1.54, 1.807) is 31.2 Å². The van der Waals surface area contributed by atoms with E-state index in [0.29, 0.717) is 17.5 Å². The SMILES string of the molecule is Cc1nc(N)c(C)c(Nc2ccc(S(C)(=O)=O)cc2)n1. The maximum atomic E-state index is 11.4. The van der Waals surface area contributed by atoms with Crippen LogP contribution in [0.4, 0.5) is 17.3 Å². The number of anilines is 3. The van der Waals surface area contributed by atoms with Gasteiger partial charge >= 0.3 is 0 Å². The molecule has 106 valence electrons. The number of nitrogens with two attached hydrogens (primary N) is 1. The Bertz CT molecular complexity index is 740. The zero-order chi connectivity index (χ0) is 14.9. The zero-order valence-electron chi connectivity index (χ0n) is 11.5. The minimum absolute atomic E-state index is 0.276. The van der Waals surface area contributed by atoms with Crippen molar-refractivity contribution in [3.63, 3.8) is 0 Å². The predicted octanol–water partition coefficient (Wildman–Crippen LogP) is 1.82. The van der Waals surface area contributed by atoms with Gasteiger partial charge in [-0.25, -0.2) is 18.4 Å². The van der Waals surface area contributed by atoms with Crippen LogP contribution in [0.5, 0.6) is 0 Å². The van der Waals surface area contributed by atoms with Gasteiger partial charge in [0.2, 0.25) is 0 Å². The number of rotatable bonds is 3. The molecule has 1 heterocycles. The summed E-state index contributed by atoms with van der Waals surface area (Å²) in [6, 6.07) is 6.46. The Balaban J connectivity index is 2.32. The van der Waals surface area contributed by atoms with Gasteiger partial charge in [-0.2, -0.15) is 0 Å². The molecule has 0 spiro atoms. The van der Waals surface area contributed by atoms with Crippen molar-refractivity contribution in [3.05, 3.63) is 35.7 Å². The predicted molar refractivity (Wildman–Crippen MR) is 78.8 cm³/mol. The number of aryl methyl sites for hydroxylation is 1. The summed E-state index contributed by atoms with van der Waals surface area (Å²) in [5.41, 5.74) is 7.27. The molecule has 0 bridgehead atoms. The highest BCUT2D eigenvalue weighted by atomic mass is 32.2. The minimum atomic E-state index is -3.19. The topological polar surface area (TPSA) is 98.0 Å². The van der Waals surface area contributed by atoms with E-state index in [1.807, 2.05) is 6.92 Å². The molecule has 20 heavy (non-hydrogen) atoms. The fraction of sp³-hybridized carbons (Fsp3) is 0.231. The van der Waals surface area contributed by atoms with Crippen LogP contribution < -0.4 is 11.1 Å². The normalized spacial score (nSPS) is 11.3. The van der Waals surface area contributed by atoms with E-state index in [4.69, 9.17) is 5.73 Å². The maximum absolute atomic E-state index is 11.4. The number of hydrogen-bond donors (Lipinski definition) is 2. The molecule has 0 amide bonds. The Morgan fingerprint density at radius 2 is 1.70 bits per heavy atom. The van der Waals surface area contributed by atoms with Gasteiger partial charge in [-0.1, -0.05) is 0 Å². The third kappa shape index (κ3) is 3.05. The summed E-state index contributed by atoms with van der Waals surface area (Å²) in [6.07, 6.45) is 1.17. The number of nitrogens with one attached hydrogen (secondary N) is 1. The molecule has 0 unspecified atom stereocenters. The second kappa shape index (κ2) is 5.09. The van der Waals surface area contributed by atoms with E-state index in [-0.39, 0.29) is 4.90 Å². The Kier molecular flexibility index (Phi) is 3.63. The van der Waals surface area contributed by atoms with Crippen molar-refractivity contribution < 1.29 is 8.42 Å². The van der Waals surface area contributed by atoms with Crippen molar-refractivity contribution in [1.29, 1.82) is 0 Å². The van der Waals surface area contributed by atoms with Gasteiger partial charge in [0.05, 0.1) is 4.90 Å². The number of sulfone groups is 1. The monoisotopic (exact) mass is 292 g/mol. The van der Waals surface area contributed by atoms with Crippen LogP contribution in [0.15, 0.2) is 29.2 Å². The highest BCUT2D eigenvalue weighted by Crippen LogP contribution is 2.22. The number of hydrogen-bond acceptors (Lipinski definition) is 6. The highest BCUT2D eigenvalue weighted by molar-refractivity contribution is 7.90. The van der Waals surface area contributed by atoms with Crippen LogP contribution in [0.2, 0.25) is 0 Å². The van der Waals surface area contributed by atoms with Gasteiger partial charge in [0.25, 0.3) is 0 Å². The zero-order valence-corrected chi connectivity index (χ0v) is 12.3. The van der Waals surface area contributed by atoms with Crippen LogP contribution in [-0.2, 0) is 9.84 Å². The molecule has 7 heteroatoms. The lowest BCUT2D eigenvalue weighted by atomic mass is 10.2. The number of benzene rings is 1. The smallest absolute Gasteiger partial charge is 0.175 e. The average molecular weight is 292 g/mol. The van der Waals surface area contributed by atoms with Crippen molar-refractivity contribution in [1.82, 2.24) is 9.97 Å². The average Bonchev–Trinajstić information content (AvgIpc) is 2.35. The van der Waals surface area contributed by atoms with E-state index < -0.39 is 9.84 Å². The minimum Gasteiger partial charge on any atom is -0.383 e. The molecule has 0 saturated carbocycles. The van der Waals surface area contributed by atoms with Crippen molar-refractivity contribution >= 4 is 27.2 Å². The van der Waals surface area contributed by atoms with Crippen LogP contribution >= 0.6 is 0 Å². The summed E-state index contributed by atoms with van der Waals surface area (Å²) in [4.78, 5) is 8.62. The summed E-state index contributed by atoms with van der Waals surface area (Å²) in [5.74, 6) is 1.61. The molecule has 6 nitrogen and oxygen atoms in total. The van der Waals surface area contributed by atoms with Gasteiger partial charge in [0.15, 0.2) is 9.84 Å². The van der Waals surface area contributed by atoms with E-state index in [2.05, 4.69) is 15.3 Å². The second-order valence-corrected chi connectivity index (χ2v) is 6.57. The van der Waals surface area contributed by atoms with Gasteiger partial charge in [0, 0.05) is 17.5 Å². The third-order valence-electron chi connectivity index (χ3n) is 2.84. The Hall–Kier alpha value is -2.15. The Morgan fingerprint density at radius 1 is 1.10 bits per heavy atom. The van der Waals surface area contributed by atoms with Crippen LogP contribution in [0.3, 0.4) is 0 Å². The molecule has 0 atom stereocenters. The molecule has 1 aromatic carbocycles. The lowest BCUT2D eigenvalue weighted by Crippen LogP contribution is -2.05. The lowest BCUT2D eigenvalue weighted by molar-refractivity contribution is 0.602. The van der Waals surface area contributed by atoms with E-state index in [9.17, 15) is 8.42 Å². The van der Waals surface area contributed by atoms with Crippen molar-refractivity contribution in [2.45, 2.75) is 18.7 Å². The van der Waals surface area contributed by atoms with E-state index in [0.717, 1.165) is 11.3 Å². The lowest BCUT2D eigenvalue weighted by Gasteiger charge is -2.11. The molecule has 0 radical (unpaired) electrons. The van der Waals surface area contributed by atoms with Gasteiger partial charge in [-0.15, -0.1) is 0 Å². The molecular formula is C13H16N4O2S. The van der Waals surface area contributed by atoms with E-state index >= 15 is 0 Å². The molecule has 0 aliphatic rings. The van der Waals surface area contributed by atoms with Gasteiger partial charge in [0.1, 0.15) is 17.5 Å². The van der Waals surface area contributed by atoms with Crippen molar-refractivity contribution in [3.8, 4) is 0 Å². The highest BCUT2D eigenvalue weighted by Gasteiger charge is 2.09. The molecule has 1 aromatic heterocycles. The Morgan fingerprint density at radius 3 is 2.25 bits per heavy atom. The maximum Gasteiger partial charge on any atom is 0.175 e. The van der Waals surface area contributed by atoms with Gasteiger partial charge in [-0.3, -0.25) is 0 Å². The fourth-order valence-corrected chi connectivity index (χ4v) is 2.32. The van der Waals surface area contributed by atoms with Crippen LogP contribution in [0.25, 0.3) is 0 Å². The van der Waals surface area contributed by atoms with Crippen molar-refractivity contribution in [2.75, 3.05) is 17.3 Å². The van der Waals surface area contributed by atoms with Gasteiger partial charge < -0.3 is 11.1 Å². The van der Waals surface area contributed by atoms with Crippen LogP contribution in [-0.4, -0.2) is 24.6 Å². The number of nitrogen functional groups attached to an aromatic ring is 1. The summed E-state index contributed by atoms with van der Waals surface area (Å²) >= 11 is 0. The molecule has 2 aromatic rings. The molecule has 0 saturated heterocycles. The first kappa shape index (κ1) is 14.3. The molecule has 2 rings (SSSR count). The molecule has 3 N–H and O–H groups in total. The Labute approximate surface area is 118 Å². The molecule has 0 aliphatic heterocycles. The molecule has 0 aliphatic carbocycles. The first-order valence-electron chi connectivity index (χ1n) is 5.95. The fourth-order valence-electron chi connectivity index (χ4n) is 1.69. The molecular weight excluding hydrogens is 276 g/mol. The third-order valence-corrected chi connectivity index (χ3v) is 3.97. The van der Waals surface area contributed by atoms with E-state index in [1.165, 1.54) is 6.26 Å². The standard InChI is InChI=1S/C13H16N4O2S/c1-8-12(14)15-9(2)16-13(8)17-10-4-6-11(7-5-10)20(3,18)19/h4-7H,1-3H3,(H3,14,15,16,17). The summed E-state index contributed by atoms with van der Waals surface area (Å²) in [7, 11) is -3.19. The van der Waals surface area contributed by atoms with Crippen LogP contribution in [0, 0.1) is 13.8 Å². The first-order chi connectivity index (χ1) is 9.27. The number of aromatic nitrogens is 2. The summed E-state index contributed by atoms with van der Waals surface area (Å²) in [5, 5.41) is 3.11. The summed E-state index contributed by atoms with van der Waals surface area (Å²) < 4.78 is 22.8. The molecule has 0 fully saturated rings. The first-order valence-corrected chi connectivity index (χ1v) is 7.84. The summed E-state index contributed by atoms with van der Waals surface area (Å²) in [6.45, 7) is 3.58. The quantitative estimate of drug-likeness (QED) is 0.895. The number of nitrogens with zero attached hydrogens (tertiary/aromatic N) is 2. The van der Waals surface area contributed by atoms with Gasteiger partial charge in [-0.05, 0) is 38.1 Å².